The number of aromatic amines is 1. The molecule has 1 aliphatic rings. The van der Waals surface area contributed by atoms with E-state index in [0.717, 1.165) is 6.20 Å². The van der Waals surface area contributed by atoms with Crippen LogP contribution in [-0.4, -0.2) is 64.3 Å². The van der Waals surface area contributed by atoms with Crippen LogP contribution in [0, 0.1) is 0 Å². The SMILES string of the molecule is CNc1nc(Nc2ccc3c(C(=O)N4CCOCC4)n[nH]c3c2)ncc1C(F)(F)F. The third kappa shape index (κ3) is 3.85. The van der Waals surface area contributed by atoms with E-state index in [2.05, 4.69) is 30.8 Å². The van der Waals surface area contributed by atoms with Crippen molar-refractivity contribution in [2.24, 2.45) is 0 Å². The maximum Gasteiger partial charge on any atom is 0.421 e. The Bertz CT molecular complexity index is 1080. The number of rotatable bonds is 4. The van der Waals surface area contributed by atoms with Crippen molar-refractivity contribution < 1.29 is 22.7 Å². The molecular formula is C18H18F3N7O2. The van der Waals surface area contributed by atoms with E-state index in [9.17, 15) is 18.0 Å². The molecule has 12 heteroatoms. The van der Waals surface area contributed by atoms with Crippen LogP contribution in [0.25, 0.3) is 10.9 Å². The molecule has 2 aromatic heterocycles. The van der Waals surface area contributed by atoms with Crippen molar-refractivity contribution in [1.29, 1.82) is 0 Å². The first-order valence-electron chi connectivity index (χ1n) is 9.11. The Hall–Kier alpha value is -3.41. The molecule has 0 spiro atoms. The molecule has 158 valence electrons. The molecule has 1 aliphatic heterocycles. The zero-order chi connectivity index (χ0) is 21.3. The smallest absolute Gasteiger partial charge is 0.378 e. The molecule has 3 aromatic rings. The van der Waals surface area contributed by atoms with Crippen LogP contribution in [0.15, 0.2) is 24.4 Å². The van der Waals surface area contributed by atoms with Gasteiger partial charge in [0.05, 0.1) is 18.7 Å². The summed E-state index contributed by atoms with van der Waals surface area (Å²) in [6.45, 7) is 1.99. The van der Waals surface area contributed by atoms with Gasteiger partial charge in [-0.05, 0) is 18.2 Å². The quantitative estimate of drug-likeness (QED) is 0.594. The van der Waals surface area contributed by atoms with Crippen LogP contribution >= 0.6 is 0 Å². The van der Waals surface area contributed by atoms with E-state index in [0.29, 0.717) is 48.6 Å². The predicted octanol–water partition coefficient (Wildman–Crippen LogP) is 2.63. The number of anilines is 3. The first kappa shape index (κ1) is 19.9. The molecule has 3 N–H and O–H groups in total. The van der Waals surface area contributed by atoms with Gasteiger partial charge in [0.1, 0.15) is 11.4 Å². The number of amides is 1. The molecule has 30 heavy (non-hydrogen) atoms. The van der Waals surface area contributed by atoms with Gasteiger partial charge in [0, 0.05) is 37.4 Å². The fraction of sp³-hybridized carbons (Fsp3) is 0.333. The third-order valence-corrected chi connectivity index (χ3v) is 4.65. The molecule has 1 amide bonds. The molecule has 0 unspecified atom stereocenters. The molecule has 1 fully saturated rings. The molecular weight excluding hydrogens is 403 g/mol. The number of benzene rings is 1. The number of carbonyl (C=O) groups is 1. The van der Waals surface area contributed by atoms with Gasteiger partial charge in [-0.1, -0.05) is 0 Å². The van der Waals surface area contributed by atoms with Crippen LogP contribution in [0.3, 0.4) is 0 Å². The van der Waals surface area contributed by atoms with Gasteiger partial charge in [-0.25, -0.2) is 4.98 Å². The number of hydrogen-bond acceptors (Lipinski definition) is 7. The van der Waals surface area contributed by atoms with Gasteiger partial charge in [-0.15, -0.1) is 0 Å². The zero-order valence-corrected chi connectivity index (χ0v) is 15.9. The highest BCUT2D eigenvalue weighted by molar-refractivity contribution is 6.05. The van der Waals surface area contributed by atoms with Crippen molar-refractivity contribution in [1.82, 2.24) is 25.1 Å². The number of hydrogen-bond donors (Lipinski definition) is 3. The molecule has 0 radical (unpaired) electrons. The lowest BCUT2D eigenvalue weighted by molar-refractivity contribution is -0.137. The number of nitrogens with one attached hydrogen (secondary N) is 3. The number of H-pyrrole nitrogens is 1. The Balaban J connectivity index is 1.57. The minimum absolute atomic E-state index is 0.00386. The normalized spacial score (nSPS) is 14.7. The maximum absolute atomic E-state index is 13.0. The standard InChI is InChI=1S/C18H18F3N7O2/c1-22-15-12(18(19,20)21)9-23-17(25-15)24-10-2-3-11-13(8-10)26-27-14(11)16(29)28-4-6-30-7-5-28/h2-3,8-9H,4-7H2,1H3,(H,26,27)(H2,22,23,24,25). The van der Waals surface area contributed by atoms with Crippen molar-refractivity contribution in [3.8, 4) is 0 Å². The van der Waals surface area contributed by atoms with E-state index in [-0.39, 0.29) is 17.7 Å². The summed E-state index contributed by atoms with van der Waals surface area (Å²) >= 11 is 0. The van der Waals surface area contributed by atoms with Gasteiger partial charge in [0.2, 0.25) is 5.95 Å². The fourth-order valence-electron chi connectivity index (χ4n) is 3.15. The molecule has 3 heterocycles. The highest BCUT2D eigenvalue weighted by Crippen LogP contribution is 2.34. The Kier molecular flexibility index (Phi) is 5.16. The fourth-order valence-corrected chi connectivity index (χ4v) is 3.15. The molecule has 0 saturated carbocycles. The van der Waals surface area contributed by atoms with Gasteiger partial charge in [0.15, 0.2) is 5.69 Å². The van der Waals surface area contributed by atoms with Crippen LogP contribution in [0.4, 0.5) is 30.6 Å². The third-order valence-electron chi connectivity index (χ3n) is 4.65. The monoisotopic (exact) mass is 421 g/mol. The molecule has 0 bridgehead atoms. The van der Waals surface area contributed by atoms with Crippen molar-refractivity contribution in [3.05, 3.63) is 35.7 Å². The molecule has 1 aromatic carbocycles. The van der Waals surface area contributed by atoms with E-state index >= 15 is 0 Å². The van der Waals surface area contributed by atoms with E-state index in [1.807, 2.05) is 0 Å². The van der Waals surface area contributed by atoms with Crippen LogP contribution < -0.4 is 10.6 Å². The van der Waals surface area contributed by atoms with E-state index in [1.165, 1.54) is 7.05 Å². The van der Waals surface area contributed by atoms with Crippen LogP contribution in [0.2, 0.25) is 0 Å². The van der Waals surface area contributed by atoms with Crippen molar-refractivity contribution in [3.63, 3.8) is 0 Å². The second kappa shape index (κ2) is 7.78. The number of carbonyl (C=O) groups excluding carboxylic acids is 1. The summed E-state index contributed by atoms with van der Waals surface area (Å²) < 4.78 is 44.2. The van der Waals surface area contributed by atoms with Gasteiger partial charge in [0.25, 0.3) is 5.91 Å². The lowest BCUT2D eigenvalue weighted by Gasteiger charge is -2.26. The average Bonchev–Trinajstić information content (AvgIpc) is 3.16. The van der Waals surface area contributed by atoms with Crippen LogP contribution in [-0.2, 0) is 10.9 Å². The number of alkyl halides is 3. The number of aromatic nitrogens is 4. The van der Waals surface area contributed by atoms with Gasteiger partial charge >= 0.3 is 6.18 Å². The van der Waals surface area contributed by atoms with Gasteiger partial charge in [-0.3, -0.25) is 9.89 Å². The lowest BCUT2D eigenvalue weighted by Crippen LogP contribution is -2.40. The second-order valence-electron chi connectivity index (χ2n) is 6.57. The molecule has 4 rings (SSSR count). The summed E-state index contributed by atoms with van der Waals surface area (Å²) in [5.41, 5.74) is 0.475. The minimum atomic E-state index is -4.56. The number of ether oxygens (including phenoxy) is 1. The highest BCUT2D eigenvalue weighted by atomic mass is 19.4. The Morgan fingerprint density at radius 3 is 2.73 bits per heavy atom. The first-order valence-corrected chi connectivity index (χ1v) is 9.11. The Morgan fingerprint density at radius 1 is 1.27 bits per heavy atom. The average molecular weight is 421 g/mol. The lowest BCUT2D eigenvalue weighted by atomic mass is 10.1. The summed E-state index contributed by atoms with van der Waals surface area (Å²) in [7, 11) is 1.35. The van der Waals surface area contributed by atoms with Gasteiger partial charge in [-0.2, -0.15) is 23.3 Å². The first-order chi connectivity index (χ1) is 14.4. The number of nitrogens with zero attached hydrogens (tertiary/aromatic N) is 4. The Morgan fingerprint density at radius 2 is 2.03 bits per heavy atom. The zero-order valence-electron chi connectivity index (χ0n) is 15.9. The predicted molar refractivity (Wildman–Crippen MR) is 103 cm³/mol. The summed E-state index contributed by atoms with van der Waals surface area (Å²) in [5, 5.41) is 12.9. The highest BCUT2D eigenvalue weighted by Gasteiger charge is 2.35. The van der Waals surface area contributed by atoms with Crippen LogP contribution in [0.1, 0.15) is 16.1 Å². The molecule has 0 aliphatic carbocycles. The Labute approximate surface area is 168 Å². The van der Waals surface area contributed by atoms with E-state index in [1.54, 1.807) is 23.1 Å². The summed E-state index contributed by atoms with van der Waals surface area (Å²) in [6.07, 6.45) is -3.84. The maximum atomic E-state index is 13.0. The number of morpholine rings is 1. The summed E-state index contributed by atoms with van der Waals surface area (Å²) in [5.74, 6) is -0.521. The second-order valence-corrected chi connectivity index (χ2v) is 6.57. The molecule has 9 nitrogen and oxygen atoms in total. The van der Waals surface area contributed by atoms with Crippen LogP contribution in [0.5, 0.6) is 0 Å². The van der Waals surface area contributed by atoms with Crippen molar-refractivity contribution in [2.45, 2.75) is 6.18 Å². The number of halogens is 3. The van der Waals surface area contributed by atoms with Crippen molar-refractivity contribution >= 4 is 34.3 Å². The number of fused-ring (bicyclic) bond motifs is 1. The minimum Gasteiger partial charge on any atom is -0.378 e. The van der Waals surface area contributed by atoms with Gasteiger partial charge < -0.3 is 20.3 Å². The largest absolute Gasteiger partial charge is 0.421 e. The topological polar surface area (TPSA) is 108 Å². The van der Waals surface area contributed by atoms with Crippen molar-refractivity contribution in [2.75, 3.05) is 44.0 Å². The summed E-state index contributed by atoms with van der Waals surface area (Å²) in [4.78, 5) is 22.0. The molecule has 1 saturated heterocycles. The van der Waals surface area contributed by atoms with E-state index in [4.69, 9.17) is 4.74 Å². The molecule has 0 atom stereocenters. The summed E-state index contributed by atoms with van der Waals surface area (Å²) in [6, 6.07) is 5.06. The van der Waals surface area contributed by atoms with E-state index < -0.39 is 11.7 Å².